The van der Waals surface area contributed by atoms with E-state index in [2.05, 4.69) is 0 Å². The molecule has 4 aromatic rings. The third-order valence-corrected chi connectivity index (χ3v) is 6.12. The quantitative estimate of drug-likeness (QED) is 0.468. The topological polar surface area (TPSA) is 39.1 Å². The van der Waals surface area contributed by atoms with Gasteiger partial charge < -0.3 is 0 Å². The molecule has 0 fully saturated rings. The van der Waals surface area contributed by atoms with Crippen LogP contribution in [0.3, 0.4) is 0 Å². The van der Waals surface area contributed by atoms with Gasteiger partial charge in [0.15, 0.2) is 5.78 Å². The lowest BCUT2D eigenvalue weighted by Crippen LogP contribution is -2.34. The predicted molar refractivity (Wildman–Crippen MR) is 105 cm³/mol. The highest BCUT2D eigenvalue weighted by molar-refractivity contribution is 6.12. The maximum absolute atomic E-state index is 13.9. The van der Waals surface area contributed by atoms with Gasteiger partial charge in [-0.1, -0.05) is 36.4 Å². The summed E-state index contributed by atoms with van der Waals surface area (Å²) in [7, 11) is 0. The Hall–Kier alpha value is -3.53. The number of benzene rings is 3. The monoisotopic (exact) mass is 367 g/mol. The Morgan fingerprint density at radius 3 is 2.57 bits per heavy atom. The molecule has 0 N–H and O–H groups in total. The Bertz CT molecular complexity index is 1400. The van der Waals surface area contributed by atoms with Gasteiger partial charge in [0.1, 0.15) is 11.2 Å². The molecule has 2 heterocycles. The van der Waals surface area contributed by atoms with E-state index in [1.165, 1.54) is 12.1 Å². The average Bonchev–Trinajstić information content (AvgIpc) is 3.15. The molecule has 0 amide bonds. The number of para-hydroxylation sites is 1. The largest absolute Gasteiger partial charge is 0.293 e. The van der Waals surface area contributed by atoms with Crippen molar-refractivity contribution in [1.82, 2.24) is 4.57 Å². The van der Waals surface area contributed by atoms with Crippen molar-refractivity contribution in [3.8, 4) is 5.69 Å². The molecule has 3 aromatic carbocycles. The first-order valence-corrected chi connectivity index (χ1v) is 9.20. The highest BCUT2D eigenvalue weighted by atomic mass is 19.1. The lowest BCUT2D eigenvalue weighted by molar-refractivity contribution is 0.0930. The van der Waals surface area contributed by atoms with Gasteiger partial charge in [0.2, 0.25) is 0 Å². The van der Waals surface area contributed by atoms with E-state index in [0.717, 1.165) is 16.6 Å². The van der Waals surface area contributed by atoms with Crippen LogP contribution in [0, 0.1) is 5.82 Å². The predicted octanol–water partition coefficient (Wildman–Crippen LogP) is 4.17. The molecule has 0 bridgehead atoms. The van der Waals surface area contributed by atoms with Crippen molar-refractivity contribution in [2.24, 2.45) is 0 Å². The molecular weight excluding hydrogens is 353 g/mol. The van der Waals surface area contributed by atoms with Gasteiger partial charge in [-0.25, -0.2) is 4.39 Å². The van der Waals surface area contributed by atoms with Gasteiger partial charge in [-0.2, -0.15) is 0 Å². The summed E-state index contributed by atoms with van der Waals surface area (Å²) in [4.78, 5) is 27.0. The van der Waals surface area contributed by atoms with E-state index in [0.29, 0.717) is 28.6 Å². The molecule has 1 unspecified atom stereocenters. The first-order valence-electron chi connectivity index (χ1n) is 9.20. The van der Waals surface area contributed by atoms with Crippen LogP contribution in [0.25, 0.3) is 16.5 Å². The summed E-state index contributed by atoms with van der Waals surface area (Å²) >= 11 is 0. The van der Waals surface area contributed by atoms with Gasteiger partial charge in [-0.15, -0.1) is 0 Å². The molecular formula is C24H14FNO2. The summed E-state index contributed by atoms with van der Waals surface area (Å²) in [5.41, 5.74) is 2.31. The third-order valence-electron chi connectivity index (χ3n) is 6.12. The summed E-state index contributed by atoms with van der Waals surface area (Å²) in [5, 5.41) is 1.42. The highest BCUT2D eigenvalue weighted by Gasteiger charge is 2.54. The number of halogens is 1. The second kappa shape index (κ2) is 5.04. The van der Waals surface area contributed by atoms with Crippen molar-refractivity contribution in [2.75, 3.05) is 0 Å². The number of aromatic nitrogens is 1. The number of fused-ring (bicyclic) bond motifs is 7. The molecule has 0 saturated carbocycles. The van der Waals surface area contributed by atoms with Crippen LogP contribution < -0.4 is 5.56 Å². The molecule has 1 aliphatic carbocycles. The second-order valence-electron chi connectivity index (χ2n) is 7.49. The minimum Gasteiger partial charge on any atom is -0.293 e. The number of rotatable bonds is 0. The number of carbonyl (C=O) groups excluding carboxylic acids is 1. The normalized spacial score (nSPS) is 19.1. The van der Waals surface area contributed by atoms with Crippen LogP contribution in [0.1, 0.15) is 27.2 Å². The summed E-state index contributed by atoms with van der Waals surface area (Å²) < 4.78 is 15.5. The molecule has 6 rings (SSSR count). The number of ketones is 1. The number of nitrogens with zero attached hydrogens (tertiary/aromatic N) is 1. The Kier molecular flexibility index (Phi) is 2.80. The average molecular weight is 367 g/mol. The van der Waals surface area contributed by atoms with E-state index >= 15 is 0 Å². The van der Waals surface area contributed by atoms with Crippen molar-refractivity contribution >= 4 is 16.6 Å². The first-order chi connectivity index (χ1) is 13.6. The Morgan fingerprint density at radius 1 is 0.893 bits per heavy atom. The molecule has 134 valence electrons. The van der Waals surface area contributed by atoms with Gasteiger partial charge in [0, 0.05) is 16.6 Å². The smallest absolute Gasteiger partial charge is 0.263 e. The SMILES string of the molecule is O=C1c2ccc(F)cc2CC12c1ccccc1-n1c2cc2ccccc2c1=O. The van der Waals surface area contributed by atoms with Crippen LogP contribution in [0.15, 0.2) is 77.6 Å². The summed E-state index contributed by atoms with van der Waals surface area (Å²) in [6, 6.07) is 21.2. The lowest BCUT2D eigenvalue weighted by atomic mass is 9.75. The molecule has 0 radical (unpaired) electrons. The molecule has 0 saturated heterocycles. The maximum Gasteiger partial charge on any atom is 0.263 e. The fourth-order valence-corrected chi connectivity index (χ4v) is 4.93. The van der Waals surface area contributed by atoms with Crippen LogP contribution in [-0.4, -0.2) is 10.4 Å². The van der Waals surface area contributed by atoms with Crippen molar-refractivity contribution in [3.05, 3.63) is 111 Å². The van der Waals surface area contributed by atoms with Crippen LogP contribution in [-0.2, 0) is 11.8 Å². The fraction of sp³-hybridized carbons (Fsp3) is 0.0833. The standard InChI is InChI=1S/C24H14FNO2/c25-16-9-10-17-15(11-16)13-24(22(17)27)19-7-3-4-8-20(19)26-21(24)12-14-5-1-2-6-18(14)23(26)28/h1-12H,13H2. The summed E-state index contributed by atoms with van der Waals surface area (Å²) in [6.45, 7) is 0. The van der Waals surface area contributed by atoms with Crippen LogP contribution in [0.2, 0.25) is 0 Å². The molecule has 3 nitrogen and oxygen atoms in total. The number of Topliss-reactive ketones (excluding diaryl/α,β-unsaturated/α-hetero) is 1. The highest BCUT2D eigenvalue weighted by Crippen LogP contribution is 2.50. The van der Waals surface area contributed by atoms with Crippen LogP contribution in [0.5, 0.6) is 0 Å². The minimum absolute atomic E-state index is 0.0733. The third kappa shape index (κ3) is 1.68. The van der Waals surface area contributed by atoms with E-state index in [1.807, 2.05) is 48.5 Å². The minimum atomic E-state index is -0.990. The molecule has 1 atom stereocenters. The number of pyridine rings is 1. The zero-order valence-electron chi connectivity index (χ0n) is 14.8. The van der Waals surface area contributed by atoms with Crippen molar-refractivity contribution < 1.29 is 9.18 Å². The van der Waals surface area contributed by atoms with Gasteiger partial charge in [0.25, 0.3) is 5.56 Å². The number of hydrogen-bond donors (Lipinski definition) is 0. The maximum atomic E-state index is 13.9. The summed E-state index contributed by atoms with van der Waals surface area (Å²) in [5.74, 6) is -0.429. The van der Waals surface area contributed by atoms with Gasteiger partial charge in [-0.05, 0) is 59.3 Å². The van der Waals surface area contributed by atoms with E-state index < -0.39 is 5.41 Å². The van der Waals surface area contributed by atoms with Gasteiger partial charge in [0.05, 0.1) is 5.69 Å². The first kappa shape index (κ1) is 15.5. The molecule has 28 heavy (non-hydrogen) atoms. The molecule has 1 aromatic heterocycles. The van der Waals surface area contributed by atoms with Crippen molar-refractivity contribution in [3.63, 3.8) is 0 Å². The van der Waals surface area contributed by atoms with E-state index in [4.69, 9.17) is 0 Å². The summed E-state index contributed by atoms with van der Waals surface area (Å²) in [6.07, 6.45) is 0.355. The zero-order valence-corrected chi connectivity index (χ0v) is 14.8. The zero-order chi connectivity index (χ0) is 19.0. The molecule has 1 aliphatic heterocycles. The van der Waals surface area contributed by atoms with Crippen molar-refractivity contribution in [2.45, 2.75) is 11.8 Å². The van der Waals surface area contributed by atoms with E-state index in [1.54, 1.807) is 16.7 Å². The van der Waals surface area contributed by atoms with E-state index in [9.17, 15) is 14.0 Å². The van der Waals surface area contributed by atoms with Gasteiger partial charge in [-0.3, -0.25) is 14.2 Å². The fourth-order valence-electron chi connectivity index (χ4n) is 4.93. The van der Waals surface area contributed by atoms with Crippen molar-refractivity contribution in [1.29, 1.82) is 0 Å². The van der Waals surface area contributed by atoms with Crippen LogP contribution in [0.4, 0.5) is 4.39 Å². The molecule has 1 spiro atoms. The Labute approximate surface area is 159 Å². The second-order valence-corrected chi connectivity index (χ2v) is 7.49. The Morgan fingerprint density at radius 2 is 1.68 bits per heavy atom. The van der Waals surface area contributed by atoms with Gasteiger partial charge >= 0.3 is 0 Å². The number of carbonyl (C=O) groups is 1. The van der Waals surface area contributed by atoms with E-state index in [-0.39, 0.29) is 17.2 Å². The Balaban J connectivity index is 1.77. The molecule has 4 heteroatoms. The van der Waals surface area contributed by atoms with Crippen LogP contribution >= 0.6 is 0 Å². The molecule has 2 aliphatic rings. The lowest BCUT2D eigenvalue weighted by Gasteiger charge is -2.23. The number of hydrogen-bond acceptors (Lipinski definition) is 2.